The van der Waals surface area contributed by atoms with Gasteiger partial charge in [-0.3, -0.25) is 14.5 Å². The monoisotopic (exact) mass is 472 g/mol. The van der Waals surface area contributed by atoms with E-state index in [4.69, 9.17) is 18.9 Å². The molecule has 0 aliphatic heterocycles. The zero-order chi connectivity index (χ0) is 23.7. The molecule has 0 saturated carbocycles. The van der Waals surface area contributed by atoms with Crippen LogP contribution in [0.5, 0.6) is 11.5 Å². The number of thiazole rings is 1. The molecule has 0 unspecified atom stereocenters. The topological polar surface area (TPSA) is 81.9 Å². The fourth-order valence-electron chi connectivity index (χ4n) is 3.72. The number of carbonyl (C=O) groups excluding carboxylic acids is 1. The number of aromatic nitrogens is 1. The highest BCUT2D eigenvalue weighted by Gasteiger charge is 2.26. The maximum atomic E-state index is 13.7. The van der Waals surface area contributed by atoms with E-state index in [-0.39, 0.29) is 17.7 Å². The Bertz CT molecular complexity index is 1520. The van der Waals surface area contributed by atoms with Crippen molar-refractivity contribution < 1.29 is 18.7 Å². The number of para-hydroxylation sites is 1. The maximum absolute atomic E-state index is 13.7. The molecule has 0 fully saturated rings. The number of benzene rings is 3. The molecule has 5 rings (SSSR count). The summed E-state index contributed by atoms with van der Waals surface area (Å²) >= 11 is 1.31. The first-order chi connectivity index (χ1) is 16.6. The van der Waals surface area contributed by atoms with Gasteiger partial charge in [-0.25, -0.2) is 4.98 Å². The summed E-state index contributed by atoms with van der Waals surface area (Å²) in [6.45, 7) is 0.237. The number of ether oxygens (including phenoxy) is 2. The van der Waals surface area contributed by atoms with E-state index in [1.807, 2.05) is 30.3 Å². The van der Waals surface area contributed by atoms with Crippen LogP contribution in [0.15, 0.2) is 82.0 Å². The Labute approximate surface area is 198 Å². The van der Waals surface area contributed by atoms with Crippen LogP contribution >= 0.6 is 11.3 Å². The lowest BCUT2D eigenvalue weighted by atomic mass is 10.2. The predicted octanol–water partition coefficient (Wildman–Crippen LogP) is 5.27. The van der Waals surface area contributed by atoms with E-state index in [0.717, 1.165) is 10.3 Å². The predicted molar refractivity (Wildman–Crippen MR) is 132 cm³/mol. The zero-order valence-electron chi connectivity index (χ0n) is 18.5. The number of rotatable bonds is 6. The molecule has 170 valence electrons. The fourth-order valence-corrected chi connectivity index (χ4v) is 4.80. The van der Waals surface area contributed by atoms with Gasteiger partial charge in [0.2, 0.25) is 0 Å². The minimum Gasteiger partial charge on any atom is -0.495 e. The zero-order valence-corrected chi connectivity index (χ0v) is 19.3. The van der Waals surface area contributed by atoms with E-state index in [1.54, 1.807) is 50.6 Å². The third-order valence-corrected chi connectivity index (χ3v) is 6.50. The quantitative estimate of drug-likeness (QED) is 0.335. The molecular weight excluding hydrogens is 452 g/mol. The summed E-state index contributed by atoms with van der Waals surface area (Å²) in [5.74, 6) is 0.674. The van der Waals surface area contributed by atoms with E-state index in [0.29, 0.717) is 33.1 Å². The van der Waals surface area contributed by atoms with Crippen LogP contribution in [0, 0.1) is 0 Å². The van der Waals surface area contributed by atoms with Crippen LogP contribution in [0.2, 0.25) is 0 Å². The first kappa shape index (κ1) is 21.7. The number of methoxy groups -OCH3 is 2. The Kier molecular flexibility index (Phi) is 5.73. The molecule has 0 aliphatic rings. The molecule has 0 N–H and O–H groups in total. The summed E-state index contributed by atoms with van der Waals surface area (Å²) in [5.41, 5.74) is 1.56. The van der Waals surface area contributed by atoms with Crippen molar-refractivity contribution in [3.8, 4) is 11.5 Å². The van der Waals surface area contributed by atoms with Crippen LogP contribution in [-0.2, 0) is 6.54 Å². The number of nitrogens with zero attached hydrogens (tertiary/aromatic N) is 2. The van der Waals surface area contributed by atoms with Gasteiger partial charge in [0, 0.05) is 6.07 Å². The molecule has 34 heavy (non-hydrogen) atoms. The SMILES string of the molecule is COc1ccc(OC)c2sc(N(Cc3ccccc3)C(=O)c3cc(=O)c4ccccc4o3)nc12. The van der Waals surface area contributed by atoms with Crippen molar-refractivity contribution in [3.05, 3.63) is 94.3 Å². The first-order valence-corrected chi connectivity index (χ1v) is 11.3. The molecule has 0 atom stereocenters. The Balaban J connectivity index is 1.66. The lowest BCUT2D eigenvalue weighted by Gasteiger charge is -2.19. The lowest BCUT2D eigenvalue weighted by Crippen LogP contribution is -2.31. The lowest BCUT2D eigenvalue weighted by molar-refractivity contribution is 0.0959. The van der Waals surface area contributed by atoms with E-state index in [1.165, 1.54) is 22.3 Å². The van der Waals surface area contributed by atoms with Crippen molar-refractivity contribution in [2.24, 2.45) is 0 Å². The van der Waals surface area contributed by atoms with Crippen LogP contribution in [0.25, 0.3) is 21.2 Å². The third kappa shape index (κ3) is 3.88. The molecule has 2 aromatic heterocycles. The van der Waals surface area contributed by atoms with Crippen molar-refractivity contribution in [3.63, 3.8) is 0 Å². The Morgan fingerprint density at radius 3 is 2.44 bits per heavy atom. The second kappa shape index (κ2) is 8.99. The maximum Gasteiger partial charge on any atom is 0.296 e. The standard InChI is InChI=1S/C26H20N2O5S/c1-31-20-12-13-21(32-2)24-23(20)27-26(34-24)28(15-16-8-4-3-5-9-16)25(30)22-14-18(29)17-10-6-7-11-19(17)33-22/h3-14H,15H2,1-2H3. The second-order valence-corrected chi connectivity index (χ2v) is 8.47. The van der Waals surface area contributed by atoms with Gasteiger partial charge < -0.3 is 13.9 Å². The normalized spacial score (nSPS) is 11.0. The van der Waals surface area contributed by atoms with Gasteiger partial charge in [-0.15, -0.1) is 0 Å². The summed E-state index contributed by atoms with van der Waals surface area (Å²) < 4.78 is 17.6. The van der Waals surface area contributed by atoms with Crippen molar-refractivity contribution in [2.75, 3.05) is 19.1 Å². The highest BCUT2D eigenvalue weighted by Crippen LogP contribution is 2.40. The Morgan fingerprint density at radius 2 is 1.68 bits per heavy atom. The van der Waals surface area contributed by atoms with E-state index in [9.17, 15) is 9.59 Å². The summed E-state index contributed by atoms with van der Waals surface area (Å²) in [6, 6.07) is 21.2. The summed E-state index contributed by atoms with van der Waals surface area (Å²) in [7, 11) is 3.15. The minimum absolute atomic E-state index is 0.0576. The highest BCUT2D eigenvalue weighted by molar-refractivity contribution is 7.22. The van der Waals surface area contributed by atoms with Gasteiger partial charge in [-0.1, -0.05) is 53.8 Å². The van der Waals surface area contributed by atoms with E-state index < -0.39 is 5.91 Å². The molecule has 2 heterocycles. The smallest absolute Gasteiger partial charge is 0.296 e. The molecule has 0 bridgehead atoms. The van der Waals surface area contributed by atoms with E-state index >= 15 is 0 Å². The summed E-state index contributed by atoms with van der Waals surface area (Å²) in [4.78, 5) is 32.6. The molecule has 0 spiro atoms. The van der Waals surface area contributed by atoms with Crippen LogP contribution in [0.4, 0.5) is 5.13 Å². The van der Waals surface area contributed by atoms with Gasteiger partial charge in [0.1, 0.15) is 27.3 Å². The number of anilines is 1. The molecule has 8 heteroatoms. The van der Waals surface area contributed by atoms with Crippen LogP contribution in [-0.4, -0.2) is 25.1 Å². The molecular formula is C26H20N2O5S. The first-order valence-electron chi connectivity index (χ1n) is 10.5. The van der Waals surface area contributed by atoms with Gasteiger partial charge in [0.15, 0.2) is 16.3 Å². The van der Waals surface area contributed by atoms with Gasteiger partial charge >= 0.3 is 0 Å². The largest absolute Gasteiger partial charge is 0.495 e. The van der Waals surface area contributed by atoms with Gasteiger partial charge in [0.05, 0.1) is 26.2 Å². The highest BCUT2D eigenvalue weighted by atomic mass is 32.1. The van der Waals surface area contributed by atoms with Crippen molar-refractivity contribution >= 4 is 43.6 Å². The molecule has 3 aromatic carbocycles. The Hall–Kier alpha value is -4.17. The van der Waals surface area contributed by atoms with Crippen molar-refractivity contribution in [1.29, 1.82) is 0 Å². The average molecular weight is 473 g/mol. The number of carbonyl (C=O) groups is 1. The fraction of sp³-hybridized carbons (Fsp3) is 0.115. The van der Waals surface area contributed by atoms with Crippen LogP contribution < -0.4 is 19.8 Å². The number of hydrogen-bond donors (Lipinski definition) is 0. The van der Waals surface area contributed by atoms with Crippen molar-refractivity contribution in [2.45, 2.75) is 6.54 Å². The second-order valence-electron chi connectivity index (χ2n) is 7.49. The summed E-state index contributed by atoms with van der Waals surface area (Å²) in [6.07, 6.45) is 0. The van der Waals surface area contributed by atoms with Gasteiger partial charge in [-0.2, -0.15) is 0 Å². The minimum atomic E-state index is -0.469. The average Bonchev–Trinajstić information content (AvgIpc) is 3.32. The van der Waals surface area contributed by atoms with Gasteiger partial charge in [0.25, 0.3) is 5.91 Å². The third-order valence-electron chi connectivity index (χ3n) is 5.40. The Morgan fingerprint density at radius 1 is 0.971 bits per heavy atom. The molecule has 1 amide bonds. The molecule has 5 aromatic rings. The van der Waals surface area contributed by atoms with Gasteiger partial charge in [-0.05, 0) is 29.8 Å². The summed E-state index contributed by atoms with van der Waals surface area (Å²) in [5, 5.41) is 0.852. The molecule has 0 saturated heterocycles. The molecule has 7 nitrogen and oxygen atoms in total. The van der Waals surface area contributed by atoms with Crippen LogP contribution in [0.3, 0.4) is 0 Å². The van der Waals surface area contributed by atoms with Crippen molar-refractivity contribution in [1.82, 2.24) is 4.98 Å². The van der Waals surface area contributed by atoms with Crippen LogP contribution in [0.1, 0.15) is 16.1 Å². The molecule has 0 aliphatic carbocycles. The number of fused-ring (bicyclic) bond motifs is 2. The molecule has 0 radical (unpaired) electrons. The number of hydrogen-bond acceptors (Lipinski definition) is 7. The number of amides is 1. The van der Waals surface area contributed by atoms with E-state index in [2.05, 4.69) is 0 Å².